The SMILES string of the molecule is Cc1c([N+](=O)[O-])cccc1S(=O)(=O)NC[C@H](c1ccco1)N1CCCCC1. The molecule has 0 spiro atoms. The van der Waals surface area contributed by atoms with Gasteiger partial charge in [0, 0.05) is 18.2 Å². The van der Waals surface area contributed by atoms with Gasteiger partial charge in [-0.3, -0.25) is 15.0 Å². The molecule has 0 aliphatic carbocycles. The second-order valence-corrected chi connectivity index (χ2v) is 8.37. The second kappa shape index (κ2) is 8.20. The number of nitrogens with zero attached hydrogens (tertiary/aromatic N) is 2. The van der Waals surface area contributed by atoms with Crippen LogP contribution in [0.1, 0.15) is 36.6 Å². The van der Waals surface area contributed by atoms with Crippen molar-refractivity contribution in [3.8, 4) is 0 Å². The molecule has 1 aromatic heterocycles. The Labute approximate surface area is 158 Å². The third kappa shape index (κ3) is 4.37. The molecule has 1 aliphatic heterocycles. The van der Waals surface area contributed by atoms with Crippen LogP contribution in [0.5, 0.6) is 0 Å². The standard InChI is InChI=1S/C18H23N3O5S/c1-14-15(21(22)23)7-5-9-18(14)27(24,25)19-13-16(17-8-6-12-26-17)20-10-3-2-4-11-20/h5-9,12,16,19H,2-4,10-11,13H2,1H3/t16-/m1/s1. The largest absolute Gasteiger partial charge is 0.468 e. The Morgan fingerprint density at radius 1 is 1.22 bits per heavy atom. The average molecular weight is 393 g/mol. The smallest absolute Gasteiger partial charge is 0.273 e. The molecular weight excluding hydrogens is 370 g/mol. The van der Waals surface area contributed by atoms with Crippen molar-refractivity contribution in [3.05, 3.63) is 58.0 Å². The minimum absolute atomic E-state index is 0.0754. The summed E-state index contributed by atoms with van der Waals surface area (Å²) in [5.74, 6) is 0.704. The molecule has 0 amide bonds. The first-order valence-corrected chi connectivity index (χ1v) is 10.4. The predicted octanol–water partition coefficient (Wildman–Crippen LogP) is 3.00. The Kier molecular flexibility index (Phi) is 5.93. The first-order chi connectivity index (χ1) is 12.9. The number of sulfonamides is 1. The molecule has 2 aromatic rings. The fourth-order valence-electron chi connectivity index (χ4n) is 3.48. The molecule has 3 rings (SSSR count). The fraction of sp³-hybridized carbons (Fsp3) is 0.444. The Balaban J connectivity index is 1.82. The highest BCUT2D eigenvalue weighted by atomic mass is 32.2. The van der Waals surface area contributed by atoms with E-state index >= 15 is 0 Å². The van der Waals surface area contributed by atoms with Crippen molar-refractivity contribution >= 4 is 15.7 Å². The molecule has 0 unspecified atom stereocenters. The molecule has 0 radical (unpaired) electrons. The summed E-state index contributed by atoms with van der Waals surface area (Å²) in [5, 5.41) is 11.1. The van der Waals surface area contributed by atoms with Crippen LogP contribution in [0.15, 0.2) is 45.9 Å². The van der Waals surface area contributed by atoms with Crippen molar-refractivity contribution in [2.75, 3.05) is 19.6 Å². The molecule has 9 heteroatoms. The van der Waals surface area contributed by atoms with Crippen LogP contribution in [0.25, 0.3) is 0 Å². The van der Waals surface area contributed by atoms with Crippen LogP contribution in [-0.4, -0.2) is 37.9 Å². The normalized spacial score (nSPS) is 16.9. The van der Waals surface area contributed by atoms with Gasteiger partial charge < -0.3 is 4.42 Å². The minimum atomic E-state index is -3.89. The number of rotatable bonds is 7. The van der Waals surface area contributed by atoms with Gasteiger partial charge in [-0.05, 0) is 51.1 Å². The van der Waals surface area contributed by atoms with Gasteiger partial charge in [-0.15, -0.1) is 0 Å². The number of hydrogen-bond donors (Lipinski definition) is 1. The molecule has 1 saturated heterocycles. The van der Waals surface area contributed by atoms with Gasteiger partial charge in [0.15, 0.2) is 0 Å². The third-order valence-electron chi connectivity index (χ3n) is 4.91. The maximum atomic E-state index is 12.8. The van der Waals surface area contributed by atoms with Crippen molar-refractivity contribution in [2.24, 2.45) is 0 Å². The van der Waals surface area contributed by atoms with E-state index in [1.807, 2.05) is 6.07 Å². The molecule has 1 aliphatic rings. The first-order valence-electron chi connectivity index (χ1n) is 8.91. The van der Waals surface area contributed by atoms with E-state index < -0.39 is 14.9 Å². The number of nitro groups is 1. The van der Waals surface area contributed by atoms with Crippen LogP contribution in [0.2, 0.25) is 0 Å². The maximum absolute atomic E-state index is 12.8. The molecule has 27 heavy (non-hydrogen) atoms. The van der Waals surface area contributed by atoms with Crippen LogP contribution >= 0.6 is 0 Å². The van der Waals surface area contributed by atoms with Gasteiger partial charge in [-0.2, -0.15) is 0 Å². The highest BCUT2D eigenvalue weighted by Crippen LogP contribution is 2.27. The molecular formula is C18H23N3O5S. The number of nitrogens with one attached hydrogen (secondary N) is 1. The van der Waals surface area contributed by atoms with Crippen molar-refractivity contribution in [1.29, 1.82) is 0 Å². The number of piperidine rings is 1. The topological polar surface area (TPSA) is 106 Å². The quantitative estimate of drug-likeness (QED) is 0.573. The van der Waals surface area contributed by atoms with Crippen LogP contribution in [0.4, 0.5) is 5.69 Å². The first kappa shape index (κ1) is 19.5. The summed E-state index contributed by atoms with van der Waals surface area (Å²) in [5.41, 5.74) is -0.0842. The zero-order valence-electron chi connectivity index (χ0n) is 15.1. The number of hydrogen-bond acceptors (Lipinski definition) is 6. The molecule has 1 fully saturated rings. The zero-order chi connectivity index (χ0) is 19.4. The Morgan fingerprint density at radius 3 is 2.59 bits per heavy atom. The number of nitro benzene ring substituents is 1. The summed E-state index contributed by atoms with van der Waals surface area (Å²) >= 11 is 0. The van der Waals surface area contributed by atoms with Crippen molar-refractivity contribution in [1.82, 2.24) is 9.62 Å². The summed E-state index contributed by atoms with van der Waals surface area (Å²) in [4.78, 5) is 12.7. The van der Waals surface area contributed by atoms with Crippen LogP contribution in [0.3, 0.4) is 0 Å². The zero-order valence-corrected chi connectivity index (χ0v) is 15.9. The molecule has 0 saturated carbocycles. The van der Waals surface area contributed by atoms with Crippen LogP contribution < -0.4 is 4.72 Å². The van der Waals surface area contributed by atoms with Crippen LogP contribution in [-0.2, 0) is 10.0 Å². The molecule has 8 nitrogen and oxygen atoms in total. The summed E-state index contributed by atoms with van der Waals surface area (Å²) in [6.45, 7) is 3.34. The number of furan rings is 1. The lowest BCUT2D eigenvalue weighted by atomic mass is 10.1. The molecule has 1 aromatic carbocycles. The fourth-order valence-corrected chi connectivity index (χ4v) is 4.78. The second-order valence-electron chi connectivity index (χ2n) is 6.64. The van der Waals surface area contributed by atoms with E-state index in [4.69, 9.17) is 4.42 Å². The van der Waals surface area contributed by atoms with Gasteiger partial charge in [0.25, 0.3) is 5.69 Å². The van der Waals surface area contributed by atoms with E-state index in [2.05, 4.69) is 9.62 Å². The summed E-state index contributed by atoms with van der Waals surface area (Å²) < 4.78 is 33.7. The molecule has 2 heterocycles. The Morgan fingerprint density at radius 2 is 1.96 bits per heavy atom. The third-order valence-corrected chi connectivity index (χ3v) is 6.48. The lowest BCUT2D eigenvalue weighted by Gasteiger charge is -2.33. The van der Waals surface area contributed by atoms with E-state index in [9.17, 15) is 18.5 Å². The van der Waals surface area contributed by atoms with Gasteiger partial charge in [-0.25, -0.2) is 13.1 Å². The summed E-state index contributed by atoms with van der Waals surface area (Å²) in [7, 11) is -3.89. The molecule has 1 atom stereocenters. The van der Waals surface area contributed by atoms with E-state index in [0.717, 1.165) is 25.9 Å². The maximum Gasteiger partial charge on any atom is 0.273 e. The van der Waals surface area contributed by atoms with Crippen molar-refractivity contribution < 1.29 is 17.8 Å². The van der Waals surface area contributed by atoms with Gasteiger partial charge >= 0.3 is 0 Å². The average Bonchev–Trinajstić information content (AvgIpc) is 3.17. The molecule has 1 N–H and O–H groups in total. The van der Waals surface area contributed by atoms with Gasteiger partial charge in [-0.1, -0.05) is 12.5 Å². The monoisotopic (exact) mass is 393 g/mol. The van der Waals surface area contributed by atoms with Crippen LogP contribution in [0, 0.1) is 17.0 Å². The highest BCUT2D eigenvalue weighted by molar-refractivity contribution is 7.89. The van der Waals surface area contributed by atoms with E-state index in [1.165, 1.54) is 31.5 Å². The predicted molar refractivity (Wildman–Crippen MR) is 99.9 cm³/mol. The molecule has 146 valence electrons. The Hall–Kier alpha value is -2.23. The lowest BCUT2D eigenvalue weighted by molar-refractivity contribution is -0.385. The lowest BCUT2D eigenvalue weighted by Crippen LogP contribution is -2.40. The van der Waals surface area contributed by atoms with Gasteiger partial charge in [0.05, 0.1) is 22.1 Å². The number of likely N-dealkylation sites (tertiary alicyclic amines) is 1. The molecule has 0 bridgehead atoms. The summed E-state index contributed by atoms with van der Waals surface area (Å²) in [6, 6.07) is 7.47. The van der Waals surface area contributed by atoms with Crippen molar-refractivity contribution in [3.63, 3.8) is 0 Å². The van der Waals surface area contributed by atoms with Gasteiger partial charge in [0.2, 0.25) is 10.0 Å². The van der Waals surface area contributed by atoms with E-state index in [1.54, 1.807) is 12.3 Å². The van der Waals surface area contributed by atoms with Gasteiger partial charge in [0.1, 0.15) is 5.76 Å². The Bertz CT molecular complexity index is 890. The van der Waals surface area contributed by atoms with Crippen molar-refractivity contribution in [2.45, 2.75) is 37.1 Å². The minimum Gasteiger partial charge on any atom is -0.468 e. The van der Waals surface area contributed by atoms with E-state index in [-0.39, 0.29) is 28.7 Å². The number of benzene rings is 1. The highest BCUT2D eigenvalue weighted by Gasteiger charge is 2.28. The summed E-state index contributed by atoms with van der Waals surface area (Å²) in [6.07, 6.45) is 4.87. The van der Waals surface area contributed by atoms with E-state index in [0.29, 0.717) is 5.76 Å².